The van der Waals surface area contributed by atoms with Gasteiger partial charge in [0.2, 0.25) is 0 Å². The zero-order valence-corrected chi connectivity index (χ0v) is 17.1. The van der Waals surface area contributed by atoms with Gasteiger partial charge in [0, 0.05) is 30.8 Å². The lowest BCUT2D eigenvalue weighted by molar-refractivity contribution is -0.179. The van der Waals surface area contributed by atoms with Crippen molar-refractivity contribution in [2.24, 2.45) is 5.92 Å². The van der Waals surface area contributed by atoms with Gasteiger partial charge in [-0.3, -0.25) is 0 Å². The van der Waals surface area contributed by atoms with Crippen LogP contribution in [0.15, 0.2) is 24.3 Å². The Morgan fingerprint density at radius 1 is 1.24 bits per heavy atom. The van der Waals surface area contributed by atoms with Crippen LogP contribution < -0.4 is 5.32 Å². The minimum Gasteiger partial charge on any atom is -0.444 e. The summed E-state index contributed by atoms with van der Waals surface area (Å²) in [4.78, 5) is 16.2. The number of amides is 1. The topological polar surface area (TPSA) is 56.1 Å². The molecule has 2 aromatic rings. The Bertz CT molecular complexity index is 880. The minimum absolute atomic E-state index is 0.0811. The lowest BCUT2D eigenvalue weighted by Gasteiger charge is -2.25. The molecule has 1 aromatic carbocycles. The van der Waals surface area contributed by atoms with E-state index in [9.17, 15) is 18.0 Å². The van der Waals surface area contributed by atoms with E-state index in [0.717, 1.165) is 16.8 Å². The molecule has 1 aliphatic heterocycles. The molecule has 0 bridgehead atoms. The predicted molar refractivity (Wildman–Crippen MR) is 103 cm³/mol. The Morgan fingerprint density at radius 3 is 2.48 bits per heavy atom. The molecule has 2 heterocycles. The molecule has 0 saturated heterocycles. The van der Waals surface area contributed by atoms with Crippen molar-refractivity contribution in [2.75, 3.05) is 0 Å². The normalized spacial score (nSPS) is 17.0. The average molecular weight is 409 g/mol. The number of imidazole rings is 1. The van der Waals surface area contributed by atoms with Crippen molar-refractivity contribution in [3.05, 3.63) is 41.3 Å². The highest BCUT2D eigenvalue weighted by atomic mass is 19.4. The summed E-state index contributed by atoms with van der Waals surface area (Å²) in [5.41, 5.74) is 2.75. The largest absolute Gasteiger partial charge is 0.444 e. The molecule has 0 aliphatic carbocycles. The van der Waals surface area contributed by atoms with Gasteiger partial charge in [0.05, 0.1) is 11.6 Å². The van der Waals surface area contributed by atoms with Crippen molar-refractivity contribution >= 4 is 6.09 Å². The first-order chi connectivity index (χ1) is 13.4. The van der Waals surface area contributed by atoms with Crippen LogP contribution in [0.2, 0.25) is 0 Å². The van der Waals surface area contributed by atoms with E-state index < -0.39 is 23.8 Å². The predicted octanol–water partition coefficient (Wildman–Crippen LogP) is 5.01. The third-order valence-corrected chi connectivity index (χ3v) is 4.96. The molecule has 8 heteroatoms. The van der Waals surface area contributed by atoms with Crippen LogP contribution in [0.1, 0.15) is 44.3 Å². The van der Waals surface area contributed by atoms with Crippen LogP contribution in [0, 0.1) is 12.8 Å². The molecule has 1 aliphatic rings. The third kappa shape index (κ3) is 5.10. The first kappa shape index (κ1) is 21.2. The Balaban J connectivity index is 1.70. The smallest absolute Gasteiger partial charge is 0.407 e. The molecule has 5 nitrogen and oxygen atoms in total. The van der Waals surface area contributed by atoms with Gasteiger partial charge in [0.15, 0.2) is 0 Å². The van der Waals surface area contributed by atoms with Crippen LogP contribution in [0.5, 0.6) is 0 Å². The van der Waals surface area contributed by atoms with Gasteiger partial charge >= 0.3 is 12.3 Å². The summed E-state index contributed by atoms with van der Waals surface area (Å²) < 4.78 is 46.3. The van der Waals surface area contributed by atoms with Crippen molar-refractivity contribution < 1.29 is 22.7 Å². The quantitative estimate of drug-likeness (QED) is 0.776. The van der Waals surface area contributed by atoms with Gasteiger partial charge in [-0.2, -0.15) is 13.2 Å². The summed E-state index contributed by atoms with van der Waals surface area (Å²) in [7, 11) is 0. The minimum atomic E-state index is -4.19. The molecule has 1 aromatic heterocycles. The number of rotatable bonds is 3. The first-order valence-corrected chi connectivity index (χ1v) is 9.63. The lowest BCUT2D eigenvalue weighted by Crippen LogP contribution is -2.32. The number of alkyl halides is 3. The SMILES string of the molecule is Cc1c(-c2ccc(CNC(=O)OC(C)(C)C)cc2)nc2n1CCC(C(F)(F)F)C2. The summed E-state index contributed by atoms with van der Waals surface area (Å²) in [5.74, 6) is -0.840. The molecule has 0 radical (unpaired) electrons. The van der Waals surface area contributed by atoms with Crippen molar-refractivity contribution in [1.29, 1.82) is 0 Å². The van der Waals surface area contributed by atoms with E-state index in [0.29, 0.717) is 24.6 Å². The standard InChI is InChI=1S/C21H26F3N3O2/c1-13-18(26-17-11-16(21(22,23)24)9-10-27(13)17)15-7-5-14(6-8-15)12-25-19(28)29-20(2,3)4/h5-8,16H,9-12H2,1-4H3,(H,25,28). The number of aromatic nitrogens is 2. The zero-order chi connectivity index (χ0) is 21.4. The van der Waals surface area contributed by atoms with E-state index >= 15 is 0 Å². The summed E-state index contributed by atoms with van der Waals surface area (Å²) in [5, 5.41) is 2.70. The highest BCUT2D eigenvalue weighted by Gasteiger charge is 2.42. The Morgan fingerprint density at radius 2 is 1.90 bits per heavy atom. The number of hydrogen-bond acceptors (Lipinski definition) is 3. The number of alkyl carbamates (subject to hydrolysis) is 1. The number of hydrogen-bond donors (Lipinski definition) is 1. The number of nitrogens with zero attached hydrogens (tertiary/aromatic N) is 2. The summed E-state index contributed by atoms with van der Waals surface area (Å²) in [6, 6.07) is 7.47. The van der Waals surface area contributed by atoms with Gasteiger partial charge in [-0.15, -0.1) is 0 Å². The second-order valence-electron chi connectivity index (χ2n) is 8.40. The number of benzene rings is 1. The van der Waals surface area contributed by atoms with E-state index in [4.69, 9.17) is 4.74 Å². The number of carbonyl (C=O) groups is 1. The second kappa shape index (κ2) is 7.72. The Kier molecular flexibility index (Phi) is 5.65. The summed E-state index contributed by atoms with van der Waals surface area (Å²) in [6.07, 6.45) is -4.67. The van der Waals surface area contributed by atoms with Gasteiger partial charge < -0.3 is 14.6 Å². The van der Waals surface area contributed by atoms with E-state index in [1.54, 1.807) is 20.8 Å². The zero-order valence-electron chi connectivity index (χ0n) is 17.1. The van der Waals surface area contributed by atoms with Gasteiger partial charge in [-0.25, -0.2) is 9.78 Å². The molecule has 29 heavy (non-hydrogen) atoms. The Hall–Kier alpha value is -2.51. The fourth-order valence-corrected chi connectivity index (χ4v) is 3.47. The van der Waals surface area contributed by atoms with Crippen molar-refractivity contribution in [3.8, 4) is 11.3 Å². The van der Waals surface area contributed by atoms with Crippen LogP contribution in [0.25, 0.3) is 11.3 Å². The van der Waals surface area contributed by atoms with Crippen LogP contribution >= 0.6 is 0 Å². The molecule has 3 rings (SSSR count). The van der Waals surface area contributed by atoms with E-state index in [1.165, 1.54) is 0 Å². The molecule has 0 saturated carbocycles. The molecule has 1 unspecified atom stereocenters. The summed E-state index contributed by atoms with van der Waals surface area (Å²) in [6.45, 7) is 7.93. The van der Waals surface area contributed by atoms with Crippen molar-refractivity contribution in [2.45, 2.75) is 65.4 Å². The number of fused-ring (bicyclic) bond motifs is 1. The highest BCUT2D eigenvalue weighted by Crippen LogP contribution is 2.36. The maximum atomic E-state index is 13.1. The molecule has 1 amide bonds. The van der Waals surface area contributed by atoms with Gasteiger partial charge in [-0.1, -0.05) is 24.3 Å². The van der Waals surface area contributed by atoms with Crippen molar-refractivity contribution in [3.63, 3.8) is 0 Å². The lowest BCUT2D eigenvalue weighted by atomic mass is 9.97. The first-order valence-electron chi connectivity index (χ1n) is 9.63. The monoisotopic (exact) mass is 409 g/mol. The van der Waals surface area contributed by atoms with Crippen LogP contribution in [-0.4, -0.2) is 27.4 Å². The molecule has 158 valence electrons. The fourth-order valence-electron chi connectivity index (χ4n) is 3.47. The maximum absolute atomic E-state index is 13.1. The Labute approximate surface area is 168 Å². The molecular weight excluding hydrogens is 383 g/mol. The fraction of sp³-hybridized carbons (Fsp3) is 0.524. The molecule has 1 N–H and O–H groups in total. The molecular formula is C21H26F3N3O2. The molecule has 0 spiro atoms. The van der Waals surface area contributed by atoms with E-state index in [1.807, 2.05) is 35.8 Å². The van der Waals surface area contributed by atoms with Gasteiger partial charge in [0.1, 0.15) is 11.4 Å². The van der Waals surface area contributed by atoms with E-state index in [-0.39, 0.29) is 12.8 Å². The van der Waals surface area contributed by atoms with Gasteiger partial charge in [0.25, 0.3) is 0 Å². The van der Waals surface area contributed by atoms with Crippen molar-refractivity contribution in [1.82, 2.24) is 14.9 Å². The van der Waals surface area contributed by atoms with Crippen LogP contribution in [0.4, 0.5) is 18.0 Å². The van der Waals surface area contributed by atoms with Gasteiger partial charge in [-0.05, 0) is 39.7 Å². The van der Waals surface area contributed by atoms with Crippen LogP contribution in [-0.2, 0) is 24.2 Å². The summed E-state index contributed by atoms with van der Waals surface area (Å²) >= 11 is 0. The second-order valence-corrected chi connectivity index (χ2v) is 8.40. The van der Waals surface area contributed by atoms with E-state index in [2.05, 4.69) is 10.3 Å². The highest BCUT2D eigenvalue weighted by molar-refractivity contribution is 5.68. The third-order valence-electron chi connectivity index (χ3n) is 4.96. The number of nitrogens with one attached hydrogen (secondary N) is 1. The number of carbonyl (C=O) groups excluding carboxylic acids is 1. The number of ether oxygens (including phenoxy) is 1. The van der Waals surface area contributed by atoms with Crippen LogP contribution in [0.3, 0.4) is 0 Å². The molecule has 0 fully saturated rings. The maximum Gasteiger partial charge on any atom is 0.407 e. The average Bonchev–Trinajstić information content (AvgIpc) is 2.94. The molecule has 1 atom stereocenters. The number of halogens is 3.